The molecule has 1 aromatic carbocycles. The van der Waals surface area contributed by atoms with E-state index in [9.17, 15) is 9.59 Å². The van der Waals surface area contributed by atoms with Crippen molar-refractivity contribution in [3.63, 3.8) is 0 Å². The Balaban J connectivity index is 1.62. The molecule has 7 heteroatoms. The minimum Gasteiger partial charge on any atom is -0.497 e. The Bertz CT molecular complexity index is 629. The van der Waals surface area contributed by atoms with E-state index in [0.717, 1.165) is 11.3 Å². The smallest absolute Gasteiger partial charge is 0.355 e. The van der Waals surface area contributed by atoms with E-state index in [0.29, 0.717) is 11.4 Å². The second-order valence-electron chi connectivity index (χ2n) is 4.97. The predicted molar refractivity (Wildman–Crippen MR) is 81.9 cm³/mol. The Labute approximate surface area is 132 Å². The zero-order valence-electron chi connectivity index (χ0n) is 12.0. The topological polar surface area (TPSA) is 81.9 Å². The largest absolute Gasteiger partial charge is 0.497 e. The van der Waals surface area contributed by atoms with Crippen molar-refractivity contribution in [2.75, 3.05) is 12.9 Å². The summed E-state index contributed by atoms with van der Waals surface area (Å²) in [7, 11) is 1.59. The van der Waals surface area contributed by atoms with E-state index in [1.165, 1.54) is 4.90 Å². The van der Waals surface area contributed by atoms with Crippen molar-refractivity contribution in [1.82, 2.24) is 4.90 Å². The molecule has 116 valence electrons. The Kier molecular flexibility index (Phi) is 4.08. The number of β-lactam (4-membered cyclic amide) rings is 1. The van der Waals surface area contributed by atoms with Crippen molar-refractivity contribution in [3.05, 3.63) is 41.6 Å². The summed E-state index contributed by atoms with van der Waals surface area (Å²) in [6.07, 6.45) is 1.71. The van der Waals surface area contributed by atoms with Gasteiger partial charge in [0.15, 0.2) is 0 Å². The number of fused-ring (bicyclic) bond motifs is 1. The molecule has 0 bridgehead atoms. The quantitative estimate of drug-likeness (QED) is 0.655. The standard InChI is InChI=1S/C15H16N2O4S/c1-20-10-4-2-9(3-5-10)8-21-15(19)11-6-7-22-14-12(16)13(18)17(11)14/h2-6,12,14H,7-8,16H2,1H3/t12?,14-/m0/s1. The highest BCUT2D eigenvalue weighted by atomic mass is 32.2. The van der Waals surface area contributed by atoms with Crippen molar-refractivity contribution in [2.45, 2.75) is 18.0 Å². The van der Waals surface area contributed by atoms with Crippen LogP contribution in [-0.4, -0.2) is 41.1 Å². The van der Waals surface area contributed by atoms with E-state index >= 15 is 0 Å². The van der Waals surface area contributed by atoms with E-state index in [-0.39, 0.29) is 17.9 Å². The minimum absolute atomic E-state index is 0.145. The molecule has 2 N–H and O–H groups in total. The number of benzene rings is 1. The number of thioether (sulfide) groups is 1. The van der Waals surface area contributed by atoms with Crippen LogP contribution in [0, 0.1) is 0 Å². The fraction of sp³-hybridized carbons (Fsp3) is 0.333. The summed E-state index contributed by atoms with van der Waals surface area (Å²) in [4.78, 5) is 25.4. The van der Waals surface area contributed by atoms with Gasteiger partial charge in [-0.1, -0.05) is 12.1 Å². The summed E-state index contributed by atoms with van der Waals surface area (Å²) < 4.78 is 10.4. The molecule has 1 amide bonds. The zero-order valence-corrected chi connectivity index (χ0v) is 12.8. The van der Waals surface area contributed by atoms with Gasteiger partial charge in [-0.3, -0.25) is 9.69 Å². The number of hydrogen-bond acceptors (Lipinski definition) is 6. The molecule has 2 atom stereocenters. The third-order valence-electron chi connectivity index (χ3n) is 3.63. The maximum absolute atomic E-state index is 12.2. The molecule has 6 nitrogen and oxygen atoms in total. The summed E-state index contributed by atoms with van der Waals surface area (Å²) in [5, 5.41) is -0.152. The maximum atomic E-state index is 12.2. The van der Waals surface area contributed by atoms with Gasteiger partial charge in [-0.15, -0.1) is 11.8 Å². The van der Waals surface area contributed by atoms with Crippen molar-refractivity contribution >= 4 is 23.6 Å². The van der Waals surface area contributed by atoms with Gasteiger partial charge in [0.1, 0.15) is 29.5 Å². The summed E-state index contributed by atoms with van der Waals surface area (Å²) in [6, 6.07) is 6.72. The monoisotopic (exact) mass is 320 g/mol. The number of esters is 1. The lowest BCUT2D eigenvalue weighted by molar-refractivity contribution is -0.151. The number of methoxy groups -OCH3 is 1. The van der Waals surface area contributed by atoms with Crippen LogP contribution in [0.5, 0.6) is 5.75 Å². The van der Waals surface area contributed by atoms with Crippen LogP contribution in [-0.2, 0) is 20.9 Å². The lowest BCUT2D eigenvalue weighted by atomic mass is 10.1. The van der Waals surface area contributed by atoms with Gasteiger partial charge < -0.3 is 15.2 Å². The van der Waals surface area contributed by atoms with Gasteiger partial charge in [-0.2, -0.15) is 0 Å². The molecule has 1 fully saturated rings. The van der Waals surface area contributed by atoms with E-state index in [2.05, 4.69) is 0 Å². The first kappa shape index (κ1) is 14.9. The minimum atomic E-state index is -0.525. The van der Waals surface area contributed by atoms with Gasteiger partial charge in [-0.25, -0.2) is 4.79 Å². The van der Waals surface area contributed by atoms with Crippen molar-refractivity contribution in [1.29, 1.82) is 0 Å². The SMILES string of the molecule is COc1ccc(COC(=O)C2=CCS[C@H]3C(N)C(=O)N23)cc1. The number of ether oxygens (including phenoxy) is 2. The Morgan fingerprint density at radius 1 is 1.41 bits per heavy atom. The molecule has 1 aromatic rings. The highest BCUT2D eigenvalue weighted by molar-refractivity contribution is 8.00. The fourth-order valence-electron chi connectivity index (χ4n) is 2.37. The van der Waals surface area contributed by atoms with E-state index < -0.39 is 12.0 Å². The number of carbonyl (C=O) groups excluding carboxylic acids is 2. The number of nitrogens with zero attached hydrogens (tertiary/aromatic N) is 1. The van der Waals surface area contributed by atoms with Gasteiger partial charge in [0.2, 0.25) is 5.91 Å². The van der Waals surface area contributed by atoms with Gasteiger partial charge in [0.25, 0.3) is 0 Å². The number of nitrogens with two attached hydrogens (primary N) is 1. The molecule has 0 aromatic heterocycles. The average Bonchev–Trinajstić information content (AvgIpc) is 2.58. The number of amides is 1. The van der Waals surface area contributed by atoms with E-state index in [1.807, 2.05) is 12.1 Å². The number of hydrogen-bond donors (Lipinski definition) is 1. The molecular weight excluding hydrogens is 304 g/mol. The average molecular weight is 320 g/mol. The molecule has 1 saturated heterocycles. The Morgan fingerprint density at radius 3 is 2.82 bits per heavy atom. The third-order valence-corrected chi connectivity index (χ3v) is 4.83. The van der Waals surface area contributed by atoms with Crippen LogP contribution >= 0.6 is 11.8 Å². The summed E-state index contributed by atoms with van der Waals surface area (Å²) in [6.45, 7) is 0.145. The fourth-order valence-corrected chi connectivity index (χ4v) is 3.51. The van der Waals surface area contributed by atoms with Gasteiger partial charge >= 0.3 is 5.97 Å². The van der Waals surface area contributed by atoms with Crippen molar-refractivity contribution < 1.29 is 19.1 Å². The Hall–Kier alpha value is -1.99. The van der Waals surface area contributed by atoms with Crippen LogP contribution in [0.25, 0.3) is 0 Å². The van der Waals surface area contributed by atoms with Crippen LogP contribution in [0.4, 0.5) is 0 Å². The van der Waals surface area contributed by atoms with Crippen molar-refractivity contribution in [2.24, 2.45) is 5.73 Å². The molecule has 1 unspecified atom stereocenters. The molecule has 0 radical (unpaired) electrons. The molecule has 0 spiro atoms. The lowest BCUT2D eigenvalue weighted by Gasteiger charge is -2.46. The normalized spacial score (nSPS) is 23.3. The highest BCUT2D eigenvalue weighted by Gasteiger charge is 2.50. The van der Waals surface area contributed by atoms with Crippen LogP contribution < -0.4 is 10.5 Å². The van der Waals surface area contributed by atoms with Gasteiger partial charge in [-0.05, 0) is 23.8 Å². The van der Waals surface area contributed by atoms with Gasteiger partial charge in [0.05, 0.1) is 7.11 Å². The zero-order chi connectivity index (χ0) is 15.7. The first-order chi connectivity index (χ1) is 10.6. The molecule has 0 aliphatic carbocycles. The van der Waals surface area contributed by atoms with Crippen LogP contribution in [0.1, 0.15) is 5.56 Å². The molecular formula is C15H16N2O4S. The first-order valence-electron chi connectivity index (χ1n) is 6.82. The Morgan fingerprint density at radius 2 is 2.14 bits per heavy atom. The second-order valence-corrected chi connectivity index (χ2v) is 6.12. The number of rotatable bonds is 4. The lowest BCUT2D eigenvalue weighted by Crippen LogP contribution is -2.68. The third kappa shape index (κ3) is 2.57. The molecule has 3 rings (SSSR count). The first-order valence-corrected chi connectivity index (χ1v) is 7.87. The molecule has 22 heavy (non-hydrogen) atoms. The van der Waals surface area contributed by atoms with E-state index in [4.69, 9.17) is 15.2 Å². The molecule has 2 heterocycles. The van der Waals surface area contributed by atoms with Crippen LogP contribution in [0.15, 0.2) is 36.0 Å². The van der Waals surface area contributed by atoms with Crippen LogP contribution in [0.3, 0.4) is 0 Å². The molecule has 0 saturated carbocycles. The van der Waals surface area contributed by atoms with Crippen LogP contribution in [0.2, 0.25) is 0 Å². The van der Waals surface area contributed by atoms with Crippen molar-refractivity contribution in [3.8, 4) is 5.75 Å². The number of carbonyl (C=O) groups is 2. The second kappa shape index (κ2) is 6.02. The molecule has 2 aliphatic rings. The highest BCUT2D eigenvalue weighted by Crippen LogP contribution is 2.36. The summed E-state index contributed by atoms with van der Waals surface area (Å²) in [5.74, 6) is 0.658. The van der Waals surface area contributed by atoms with Gasteiger partial charge in [0, 0.05) is 5.75 Å². The maximum Gasteiger partial charge on any atom is 0.355 e. The summed E-state index contributed by atoms with van der Waals surface area (Å²) in [5.41, 5.74) is 6.87. The summed E-state index contributed by atoms with van der Waals surface area (Å²) >= 11 is 1.55. The predicted octanol–water partition coefficient (Wildman–Crippen LogP) is 0.865. The molecule has 2 aliphatic heterocycles. The van der Waals surface area contributed by atoms with E-state index in [1.54, 1.807) is 37.1 Å².